The van der Waals surface area contributed by atoms with Crippen LogP contribution in [0.4, 0.5) is 17.3 Å². The minimum Gasteiger partial charge on any atom is -0.445 e. The van der Waals surface area contributed by atoms with Gasteiger partial charge in [0.15, 0.2) is 0 Å². The first-order valence-corrected chi connectivity index (χ1v) is 3.23. The van der Waals surface area contributed by atoms with Gasteiger partial charge in [0.25, 0.3) is 0 Å². The molecule has 0 fully saturated rings. The predicted octanol–water partition coefficient (Wildman–Crippen LogP) is -1.41. The molecule has 0 aliphatic rings. The fourth-order valence-corrected chi connectivity index (χ4v) is 0.875. The molecule has 0 N–H and O–H groups in total. The summed E-state index contributed by atoms with van der Waals surface area (Å²) in [6, 6.07) is 0.768. The van der Waals surface area contributed by atoms with Crippen molar-refractivity contribution in [2.45, 2.75) is 6.92 Å². The third-order valence-electron chi connectivity index (χ3n) is 1.47. The number of nitrogens with zero attached hydrogens (tertiary/aromatic N) is 1. The Hall–Kier alpha value is 0.571. The van der Waals surface area contributed by atoms with Crippen LogP contribution in [-0.2, 0) is 0 Å². The summed E-state index contributed by atoms with van der Waals surface area (Å²) in [5.41, 5.74) is -0.966. The number of hydrogen-bond donors (Lipinski definition) is 0. The molecule has 0 aliphatic heterocycles. The van der Waals surface area contributed by atoms with Crippen LogP contribution in [0, 0.1) is 12.9 Å². The summed E-state index contributed by atoms with van der Waals surface area (Å²) in [7, 11) is 0. The topological polar surface area (TPSA) is 12.9 Å². The Balaban J connectivity index is 0.00000144. The molecule has 1 heterocycles. The van der Waals surface area contributed by atoms with E-state index >= 15 is 0 Å². The number of pyridine rings is 1. The van der Waals surface area contributed by atoms with Crippen molar-refractivity contribution in [2.75, 3.05) is 0 Å². The largest absolute Gasteiger partial charge is 1.00 e. The van der Waals surface area contributed by atoms with Crippen molar-refractivity contribution in [3.8, 4) is 0 Å². The standard InChI is InChI=1S/C6H5BF4N.K/c1-4-2-6(8)12-3-5(4)7(9,10)11;/h2-3H,1H3;/q-1;+1. The third kappa shape index (κ3) is 3.67. The quantitative estimate of drug-likeness (QED) is 0.320. The van der Waals surface area contributed by atoms with Crippen molar-refractivity contribution in [2.24, 2.45) is 0 Å². The second-order valence-electron chi connectivity index (χ2n) is 2.44. The maximum atomic E-state index is 12.3. The van der Waals surface area contributed by atoms with E-state index < -0.39 is 18.4 Å². The second kappa shape index (κ2) is 4.88. The Morgan fingerprint density at radius 3 is 2.23 bits per heavy atom. The Labute approximate surface area is 115 Å². The smallest absolute Gasteiger partial charge is 0.445 e. The summed E-state index contributed by atoms with van der Waals surface area (Å²) in [5.74, 6) is -0.892. The number of aryl methyl sites for hydroxylation is 1. The summed E-state index contributed by atoms with van der Waals surface area (Å²) in [6.07, 6.45) is 0.519. The molecule has 0 aromatic carbocycles. The normalized spacial score (nSPS) is 10.8. The van der Waals surface area contributed by atoms with Crippen LogP contribution in [0.15, 0.2) is 12.3 Å². The average molecular weight is 217 g/mol. The van der Waals surface area contributed by atoms with Crippen molar-refractivity contribution >= 4 is 12.4 Å². The van der Waals surface area contributed by atoms with E-state index in [4.69, 9.17) is 0 Å². The van der Waals surface area contributed by atoms with Gasteiger partial charge < -0.3 is 12.9 Å². The van der Waals surface area contributed by atoms with Gasteiger partial charge in [-0.15, -0.1) is 0 Å². The van der Waals surface area contributed by atoms with Crippen molar-refractivity contribution in [3.05, 3.63) is 23.8 Å². The molecule has 0 amide bonds. The number of rotatable bonds is 1. The molecule has 0 aliphatic carbocycles. The molecule has 0 atom stereocenters. The van der Waals surface area contributed by atoms with Crippen molar-refractivity contribution in [3.63, 3.8) is 0 Å². The fraction of sp³-hybridized carbons (Fsp3) is 0.167. The minimum absolute atomic E-state index is 0. The number of aromatic nitrogens is 1. The van der Waals surface area contributed by atoms with E-state index in [0.29, 0.717) is 6.20 Å². The van der Waals surface area contributed by atoms with Gasteiger partial charge in [-0.1, -0.05) is 11.0 Å². The Kier molecular flexibility index (Phi) is 5.09. The Morgan fingerprint density at radius 1 is 1.31 bits per heavy atom. The van der Waals surface area contributed by atoms with E-state index in [-0.39, 0.29) is 56.9 Å². The molecule has 66 valence electrons. The van der Waals surface area contributed by atoms with Gasteiger partial charge >= 0.3 is 58.4 Å². The van der Waals surface area contributed by atoms with Crippen LogP contribution in [-0.4, -0.2) is 12.0 Å². The molecule has 1 aromatic rings. The van der Waals surface area contributed by atoms with E-state index in [1.807, 2.05) is 0 Å². The van der Waals surface area contributed by atoms with E-state index in [9.17, 15) is 17.3 Å². The second-order valence-corrected chi connectivity index (χ2v) is 2.44. The van der Waals surface area contributed by atoms with Crippen LogP contribution < -0.4 is 56.8 Å². The molecule has 1 aromatic heterocycles. The zero-order chi connectivity index (χ0) is 9.35. The summed E-state index contributed by atoms with van der Waals surface area (Å²) < 4.78 is 48.5. The molecule has 13 heavy (non-hydrogen) atoms. The van der Waals surface area contributed by atoms with E-state index in [0.717, 1.165) is 6.07 Å². The molecule has 1 rings (SSSR count). The maximum Gasteiger partial charge on any atom is 1.00 e. The SMILES string of the molecule is Cc1cc(F)ncc1[B-](F)(F)F.[K+]. The molecule has 0 saturated carbocycles. The number of halogens is 4. The molecule has 0 spiro atoms. The summed E-state index contributed by atoms with van der Waals surface area (Å²) in [4.78, 5) is 2.94. The summed E-state index contributed by atoms with van der Waals surface area (Å²) in [6.45, 7) is -3.87. The van der Waals surface area contributed by atoms with E-state index in [1.165, 1.54) is 6.92 Å². The van der Waals surface area contributed by atoms with Gasteiger partial charge in [0.2, 0.25) is 5.95 Å². The van der Waals surface area contributed by atoms with Gasteiger partial charge in [-0.25, -0.2) is 4.98 Å². The van der Waals surface area contributed by atoms with Gasteiger partial charge in [-0.2, -0.15) is 4.39 Å². The van der Waals surface area contributed by atoms with Gasteiger partial charge in [-0.05, 0) is 13.0 Å². The third-order valence-corrected chi connectivity index (χ3v) is 1.47. The molecule has 0 bridgehead atoms. The molecule has 1 nitrogen and oxygen atoms in total. The fourth-order valence-electron chi connectivity index (χ4n) is 0.875. The molecular weight excluding hydrogens is 212 g/mol. The molecule has 0 saturated heterocycles. The van der Waals surface area contributed by atoms with Crippen LogP contribution in [0.2, 0.25) is 0 Å². The van der Waals surface area contributed by atoms with Crippen molar-refractivity contribution < 1.29 is 68.7 Å². The van der Waals surface area contributed by atoms with Gasteiger partial charge in [0, 0.05) is 6.20 Å². The van der Waals surface area contributed by atoms with E-state index in [1.54, 1.807) is 0 Å². The monoisotopic (exact) mass is 217 g/mol. The van der Waals surface area contributed by atoms with E-state index in [2.05, 4.69) is 4.98 Å². The van der Waals surface area contributed by atoms with Crippen molar-refractivity contribution in [1.82, 2.24) is 4.98 Å². The van der Waals surface area contributed by atoms with Crippen LogP contribution in [0.3, 0.4) is 0 Å². The van der Waals surface area contributed by atoms with Gasteiger partial charge in [-0.3, -0.25) is 0 Å². The van der Waals surface area contributed by atoms with Crippen LogP contribution in [0.1, 0.15) is 5.56 Å². The number of hydrogen-bond acceptors (Lipinski definition) is 1. The Morgan fingerprint density at radius 2 is 1.85 bits per heavy atom. The minimum atomic E-state index is -5.07. The average Bonchev–Trinajstić information content (AvgIpc) is 1.83. The van der Waals surface area contributed by atoms with Crippen molar-refractivity contribution in [1.29, 1.82) is 0 Å². The predicted molar refractivity (Wildman–Crippen MR) is 37.6 cm³/mol. The summed E-state index contributed by atoms with van der Waals surface area (Å²) >= 11 is 0. The van der Waals surface area contributed by atoms with Crippen LogP contribution >= 0.6 is 0 Å². The first kappa shape index (κ1) is 13.6. The van der Waals surface area contributed by atoms with Gasteiger partial charge in [0.1, 0.15) is 0 Å². The molecule has 0 radical (unpaired) electrons. The first-order valence-electron chi connectivity index (χ1n) is 3.23. The molecular formula is C6H5BF4KN. The summed E-state index contributed by atoms with van der Waals surface area (Å²) in [5, 5.41) is 0. The van der Waals surface area contributed by atoms with Gasteiger partial charge in [0.05, 0.1) is 0 Å². The zero-order valence-electron chi connectivity index (χ0n) is 7.19. The zero-order valence-corrected chi connectivity index (χ0v) is 10.3. The molecule has 0 unspecified atom stereocenters. The first-order chi connectivity index (χ1) is 5.41. The maximum absolute atomic E-state index is 12.3. The molecule has 7 heteroatoms. The van der Waals surface area contributed by atoms with Crippen LogP contribution in [0.5, 0.6) is 0 Å². The Bertz CT molecular complexity index is 301. The van der Waals surface area contributed by atoms with Crippen LogP contribution in [0.25, 0.3) is 0 Å².